The van der Waals surface area contributed by atoms with Gasteiger partial charge in [-0.2, -0.15) is 0 Å². The first-order valence-corrected chi connectivity index (χ1v) is 7.84. The lowest BCUT2D eigenvalue weighted by molar-refractivity contribution is 0.223. The van der Waals surface area contributed by atoms with E-state index in [0.29, 0.717) is 6.04 Å². The van der Waals surface area contributed by atoms with Gasteiger partial charge in [0, 0.05) is 11.6 Å². The highest BCUT2D eigenvalue weighted by Gasteiger charge is 2.30. The maximum Gasteiger partial charge on any atom is 0.106 e. The Morgan fingerprint density at radius 1 is 1.21 bits per heavy atom. The molecular weight excluding hydrogens is 234 g/mol. The van der Waals surface area contributed by atoms with Gasteiger partial charge in [-0.1, -0.05) is 26.7 Å². The Hall–Kier alpha value is -0.760. The third kappa shape index (κ3) is 3.05. The van der Waals surface area contributed by atoms with E-state index in [4.69, 9.17) is 4.42 Å². The van der Waals surface area contributed by atoms with Crippen LogP contribution in [-0.2, 0) is 0 Å². The minimum atomic E-state index is 0.477. The fourth-order valence-corrected chi connectivity index (χ4v) is 3.78. The van der Waals surface area contributed by atoms with Crippen LogP contribution in [0.5, 0.6) is 0 Å². The Labute approximate surface area is 118 Å². The van der Waals surface area contributed by atoms with Gasteiger partial charge in [0.1, 0.15) is 11.5 Å². The largest absolute Gasteiger partial charge is 0.466 e. The molecule has 2 heteroatoms. The van der Waals surface area contributed by atoms with Crippen LogP contribution >= 0.6 is 0 Å². The molecule has 1 saturated carbocycles. The summed E-state index contributed by atoms with van der Waals surface area (Å²) in [5.41, 5.74) is 2.78. The van der Waals surface area contributed by atoms with E-state index in [-0.39, 0.29) is 0 Å². The highest BCUT2D eigenvalue weighted by Crippen LogP contribution is 2.40. The number of nitrogens with one attached hydrogen (secondary N) is 1. The Kier molecular flexibility index (Phi) is 4.72. The van der Waals surface area contributed by atoms with Crippen LogP contribution in [-0.4, -0.2) is 6.54 Å². The first-order chi connectivity index (χ1) is 9.04. The molecule has 3 unspecified atom stereocenters. The van der Waals surface area contributed by atoms with Crippen molar-refractivity contribution in [2.45, 2.75) is 66.3 Å². The first-order valence-electron chi connectivity index (χ1n) is 7.84. The Bertz CT molecular complexity index is 421. The van der Waals surface area contributed by atoms with E-state index >= 15 is 0 Å². The molecule has 1 aromatic rings. The maximum atomic E-state index is 5.85. The zero-order valence-electron chi connectivity index (χ0n) is 13.2. The quantitative estimate of drug-likeness (QED) is 0.853. The van der Waals surface area contributed by atoms with Crippen LogP contribution in [0.25, 0.3) is 0 Å². The van der Waals surface area contributed by atoms with Crippen LogP contribution in [0.1, 0.15) is 68.2 Å². The number of aryl methyl sites for hydroxylation is 2. The van der Waals surface area contributed by atoms with Crippen LogP contribution in [0.3, 0.4) is 0 Å². The molecular formula is C17H29NO. The van der Waals surface area contributed by atoms with E-state index in [2.05, 4.69) is 39.9 Å². The van der Waals surface area contributed by atoms with Gasteiger partial charge in [0.2, 0.25) is 0 Å². The molecule has 0 amide bonds. The highest BCUT2D eigenvalue weighted by molar-refractivity contribution is 5.34. The van der Waals surface area contributed by atoms with Gasteiger partial charge in [0.05, 0.1) is 0 Å². The summed E-state index contributed by atoms with van der Waals surface area (Å²) in [4.78, 5) is 0. The monoisotopic (exact) mass is 263 g/mol. The van der Waals surface area contributed by atoms with E-state index in [1.807, 2.05) is 0 Å². The average Bonchev–Trinajstić information content (AvgIpc) is 2.61. The van der Waals surface area contributed by atoms with Crippen LogP contribution < -0.4 is 5.32 Å². The SMILES string of the molecule is CCNC(c1c(C)oc(C)c1C)C1CCCC(C)C1. The Balaban J connectivity index is 2.28. The minimum absolute atomic E-state index is 0.477. The van der Waals surface area contributed by atoms with Gasteiger partial charge in [0.25, 0.3) is 0 Å². The molecule has 108 valence electrons. The smallest absolute Gasteiger partial charge is 0.106 e. The summed E-state index contributed by atoms with van der Waals surface area (Å²) in [6.07, 6.45) is 5.48. The highest BCUT2D eigenvalue weighted by atomic mass is 16.3. The summed E-state index contributed by atoms with van der Waals surface area (Å²) in [6.45, 7) is 12.0. The van der Waals surface area contributed by atoms with Crippen molar-refractivity contribution >= 4 is 0 Å². The molecule has 0 aliphatic heterocycles. The first kappa shape index (κ1) is 14.6. The number of rotatable bonds is 4. The standard InChI is InChI=1S/C17H29NO/c1-6-18-17(15-9-7-8-11(2)10-15)16-12(3)13(4)19-14(16)5/h11,15,17-18H,6-10H2,1-5H3. The van der Waals surface area contributed by atoms with Gasteiger partial charge in [-0.15, -0.1) is 0 Å². The molecule has 0 bridgehead atoms. The van der Waals surface area contributed by atoms with Crippen molar-refractivity contribution in [1.29, 1.82) is 0 Å². The normalized spacial score (nSPS) is 25.5. The third-order valence-corrected chi connectivity index (χ3v) is 4.80. The van der Waals surface area contributed by atoms with Crippen molar-refractivity contribution in [3.8, 4) is 0 Å². The predicted octanol–water partition coefficient (Wildman–Crippen LogP) is 4.68. The summed E-state index contributed by atoms with van der Waals surface area (Å²) in [7, 11) is 0. The van der Waals surface area contributed by atoms with Crippen molar-refractivity contribution in [2.75, 3.05) is 6.54 Å². The van der Waals surface area contributed by atoms with Crippen molar-refractivity contribution in [2.24, 2.45) is 11.8 Å². The minimum Gasteiger partial charge on any atom is -0.466 e. The van der Waals surface area contributed by atoms with E-state index in [1.54, 1.807) is 0 Å². The fraction of sp³-hybridized carbons (Fsp3) is 0.765. The molecule has 1 aromatic heterocycles. The van der Waals surface area contributed by atoms with Gasteiger partial charge < -0.3 is 9.73 Å². The van der Waals surface area contributed by atoms with Crippen LogP contribution in [0, 0.1) is 32.6 Å². The Morgan fingerprint density at radius 3 is 2.47 bits per heavy atom. The maximum absolute atomic E-state index is 5.85. The van der Waals surface area contributed by atoms with Crippen molar-refractivity contribution in [3.05, 3.63) is 22.6 Å². The van der Waals surface area contributed by atoms with Gasteiger partial charge in [-0.3, -0.25) is 0 Å². The van der Waals surface area contributed by atoms with Gasteiger partial charge in [0.15, 0.2) is 0 Å². The number of hydrogen-bond acceptors (Lipinski definition) is 2. The molecule has 1 aliphatic carbocycles. The molecule has 0 spiro atoms. The molecule has 3 atom stereocenters. The van der Waals surface area contributed by atoms with Crippen molar-refractivity contribution in [3.63, 3.8) is 0 Å². The van der Waals surface area contributed by atoms with E-state index in [9.17, 15) is 0 Å². The lowest BCUT2D eigenvalue weighted by Crippen LogP contribution is -2.31. The number of hydrogen-bond donors (Lipinski definition) is 1. The summed E-state index contributed by atoms with van der Waals surface area (Å²) in [5.74, 6) is 3.82. The molecule has 2 nitrogen and oxygen atoms in total. The predicted molar refractivity (Wildman–Crippen MR) is 80.5 cm³/mol. The van der Waals surface area contributed by atoms with Gasteiger partial charge in [-0.25, -0.2) is 0 Å². The zero-order valence-corrected chi connectivity index (χ0v) is 13.2. The molecule has 1 N–H and O–H groups in total. The van der Waals surface area contributed by atoms with E-state index in [1.165, 1.54) is 36.8 Å². The summed E-state index contributed by atoms with van der Waals surface area (Å²) < 4.78 is 5.85. The lowest BCUT2D eigenvalue weighted by atomic mass is 9.76. The summed E-state index contributed by atoms with van der Waals surface area (Å²) in [5, 5.41) is 3.72. The molecule has 0 aromatic carbocycles. The third-order valence-electron chi connectivity index (χ3n) is 4.80. The van der Waals surface area contributed by atoms with Crippen molar-refractivity contribution in [1.82, 2.24) is 5.32 Å². The Morgan fingerprint density at radius 2 is 1.95 bits per heavy atom. The van der Waals surface area contributed by atoms with Crippen LogP contribution in [0.4, 0.5) is 0 Å². The van der Waals surface area contributed by atoms with E-state index < -0.39 is 0 Å². The van der Waals surface area contributed by atoms with E-state index in [0.717, 1.165) is 29.9 Å². The molecule has 1 fully saturated rings. The second-order valence-corrected chi connectivity index (χ2v) is 6.32. The van der Waals surface area contributed by atoms with Gasteiger partial charge in [-0.05, 0) is 57.6 Å². The van der Waals surface area contributed by atoms with Crippen molar-refractivity contribution < 1.29 is 4.42 Å². The molecule has 0 saturated heterocycles. The second kappa shape index (κ2) is 6.13. The lowest BCUT2D eigenvalue weighted by Gasteiger charge is -2.34. The molecule has 0 radical (unpaired) electrons. The zero-order chi connectivity index (χ0) is 14.0. The average molecular weight is 263 g/mol. The van der Waals surface area contributed by atoms with Gasteiger partial charge >= 0.3 is 0 Å². The topological polar surface area (TPSA) is 25.2 Å². The molecule has 2 rings (SSSR count). The number of furan rings is 1. The second-order valence-electron chi connectivity index (χ2n) is 6.32. The van der Waals surface area contributed by atoms with Crippen LogP contribution in [0.2, 0.25) is 0 Å². The summed E-state index contributed by atoms with van der Waals surface area (Å²) >= 11 is 0. The van der Waals surface area contributed by atoms with Crippen LogP contribution in [0.15, 0.2) is 4.42 Å². The fourth-order valence-electron chi connectivity index (χ4n) is 3.78. The molecule has 1 aliphatic rings. The summed E-state index contributed by atoms with van der Waals surface area (Å²) in [6, 6.07) is 0.477. The molecule has 1 heterocycles. The molecule has 19 heavy (non-hydrogen) atoms.